The first kappa shape index (κ1) is 24.1. The molecule has 0 spiro atoms. The summed E-state index contributed by atoms with van der Waals surface area (Å²) in [6.07, 6.45) is -2.29. The van der Waals surface area contributed by atoms with Gasteiger partial charge in [-0.2, -0.15) is 0 Å². The lowest BCUT2D eigenvalue weighted by Crippen LogP contribution is -2.47. The van der Waals surface area contributed by atoms with Crippen LogP contribution in [0, 0.1) is 0 Å². The van der Waals surface area contributed by atoms with Crippen molar-refractivity contribution in [2.75, 3.05) is 0 Å². The van der Waals surface area contributed by atoms with Crippen LogP contribution in [-0.4, -0.2) is 52.1 Å². The normalized spacial score (nSPS) is 14.3. The lowest BCUT2D eigenvalue weighted by Gasteiger charge is -2.25. The van der Waals surface area contributed by atoms with Gasteiger partial charge in [0.15, 0.2) is 11.5 Å². The first-order valence-electron chi connectivity index (χ1n) is 9.16. The topological polar surface area (TPSA) is 131 Å². The third kappa shape index (κ3) is 8.71. The molecule has 1 amide bonds. The van der Waals surface area contributed by atoms with Crippen molar-refractivity contribution < 1.29 is 38.8 Å². The number of alkyl carbamates (subject to hydrolysis) is 1. The molecule has 0 saturated carbocycles. The molecule has 3 atom stereocenters. The Kier molecular flexibility index (Phi) is 8.29. The van der Waals surface area contributed by atoms with E-state index in [-0.39, 0.29) is 17.9 Å². The number of aromatic hydroxyl groups is 2. The second-order valence-corrected chi connectivity index (χ2v) is 7.68. The Morgan fingerprint density at radius 3 is 2.14 bits per heavy atom. The lowest BCUT2D eigenvalue weighted by molar-refractivity contribution is -0.165. The Labute approximate surface area is 170 Å². The van der Waals surface area contributed by atoms with E-state index in [2.05, 4.69) is 5.32 Å². The molecular formula is C20H29NO8. The molecule has 1 aromatic rings. The van der Waals surface area contributed by atoms with Gasteiger partial charge in [0.25, 0.3) is 0 Å². The molecule has 0 aliphatic carbocycles. The number of carbonyl (C=O) groups is 3. The smallest absolute Gasteiger partial charge is 0.408 e. The maximum absolute atomic E-state index is 12.7. The highest BCUT2D eigenvalue weighted by Crippen LogP contribution is 2.25. The zero-order valence-electron chi connectivity index (χ0n) is 17.5. The zero-order chi connectivity index (χ0) is 22.4. The highest BCUT2D eigenvalue weighted by atomic mass is 16.6. The molecule has 162 valence electrons. The molecule has 0 aromatic heterocycles. The highest BCUT2D eigenvalue weighted by Gasteiger charge is 2.29. The summed E-state index contributed by atoms with van der Waals surface area (Å²) in [5, 5.41) is 21.6. The van der Waals surface area contributed by atoms with E-state index in [4.69, 9.17) is 14.2 Å². The van der Waals surface area contributed by atoms with Gasteiger partial charge >= 0.3 is 18.0 Å². The minimum atomic E-state index is -1.14. The van der Waals surface area contributed by atoms with E-state index in [9.17, 15) is 24.6 Å². The van der Waals surface area contributed by atoms with Gasteiger partial charge in [0.05, 0.1) is 0 Å². The van der Waals surface area contributed by atoms with E-state index >= 15 is 0 Å². The number of esters is 2. The van der Waals surface area contributed by atoms with Gasteiger partial charge in [-0.1, -0.05) is 6.07 Å². The van der Waals surface area contributed by atoms with Gasteiger partial charge in [0.2, 0.25) is 0 Å². The van der Waals surface area contributed by atoms with Crippen molar-refractivity contribution >= 4 is 18.0 Å². The molecule has 0 heterocycles. The largest absolute Gasteiger partial charge is 0.504 e. The number of phenols is 2. The van der Waals surface area contributed by atoms with Gasteiger partial charge in [-0.15, -0.1) is 0 Å². The van der Waals surface area contributed by atoms with Crippen molar-refractivity contribution in [3.8, 4) is 11.5 Å². The van der Waals surface area contributed by atoms with Crippen molar-refractivity contribution in [2.24, 2.45) is 0 Å². The minimum absolute atomic E-state index is 0.0272. The number of phenolic OH excluding ortho intramolecular Hbond substituents is 2. The van der Waals surface area contributed by atoms with Gasteiger partial charge in [0, 0.05) is 13.3 Å². The third-order valence-electron chi connectivity index (χ3n) is 3.77. The molecule has 0 fully saturated rings. The van der Waals surface area contributed by atoms with Crippen molar-refractivity contribution in [3.05, 3.63) is 23.8 Å². The number of hydrogen-bond donors (Lipinski definition) is 3. The minimum Gasteiger partial charge on any atom is -0.504 e. The van der Waals surface area contributed by atoms with E-state index in [0.29, 0.717) is 5.56 Å². The number of hydrogen-bond acceptors (Lipinski definition) is 8. The Balaban J connectivity index is 2.95. The summed E-state index contributed by atoms with van der Waals surface area (Å²) < 4.78 is 15.5. The van der Waals surface area contributed by atoms with Crippen LogP contribution >= 0.6 is 0 Å². The van der Waals surface area contributed by atoms with Crippen LogP contribution < -0.4 is 5.32 Å². The fraction of sp³-hybridized carbons (Fsp3) is 0.550. The van der Waals surface area contributed by atoms with E-state index in [1.807, 2.05) is 0 Å². The second-order valence-electron chi connectivity index (χ2n) is 7.68. The van der Waals surface area contributed by atoms with Gasteiger partial charge in [-0.3, -0.25) is 4.79 Å². The molecule has 3 N–H and O–H groups in total. The maximum atomic E-state index is 12.7. The van der Waals surface area contributed by atoms with Crippen LogP contribution in [0.25, 0.3) is 0 Å². The van der Waals surface area contributed by atoms with Crippen LogP contribution in [-0.2, 0) is 30.2 Å². The number of benzene rings is 1. The molecule has 0 saturated heterocycles. The molecule has 1 rings (SSSR count). The zero-order valence-corrected chi connectivity index (χ0v) is 17.5. The Bertz CT molecular complexity index is 740. The number of amides is 1. The van der Waals surface area contributed by atoms with Gasteiger partial charge in [-0.05, 0) is 52.3 Å². The summed E-state index contributed by atoms with van der Waals surface area (Å²) in [7, 11) is 0. The van der Waals surface area contributed by atoms with Crippen LogP contribution in [0.2, 0.25) is 0 Å². The summed E-state index contributed by atoms with van der Waals surface area (Å²) in [5.41, 5.74) is -0.300. The highest BCUT2D eigenvalue weighted by molar-refractivity contribution is 5.82. The fourth-order valence-corrected chi connectivity index (χ4v) is 2.29. The van der Waals surface area contributed by atoms with Crippen LogP contribution in [0.4, 0.5) is 4.79 Å². The molecular weight excluding hydrogens is 382 g/mol. The SMILES string of the molecule is CC(=O)OC(C)[C@@H](C)OC(=O)[C@H](Cc1ccc(O)c(O)c1)NC(=O)OC(C)(C)C. The van der Waals surface area contributed by atoms with E-state index in [0.717, 1.165) is 0 Å². The lowest BCUT2D eigenvalue weighted by atomic mass is 10.1. The summed E-state index contributed by atoms with van der Waals surface area (Å²) in [6.45, 7) is 9.42. The molecule has 0 aliphatic heterocycles. The Morgan fingerprint density at radius 1 is 1.03 bits per heavy atom. The van der Waals surface area contributed by atoms with Crippen molar-refractivity contribution in [1.82, 2.24) is 5.32 Å². The first-order chi connectivity index (χ1) is 13.3. The van der Waals surface area contributed by atoms with Crippen LogP contribution in [0.5, 0.6) is 11.5 Å². The van der Waals surface area contributed by atoms with Gasteiger partial charge < -0.3 is 29.7 Å². The van der Waals surface area contributed by atoms with E-state index in [1.54, 1.807) is 34.6 Å². The summed E-state index contributed by atoms with van der Waals surface area (Å²) in [5.74, 6) is -1.95. The predicted octanol–water partition coefficient (Wildman–Crippen LogP) is 2.42. The first-order valence-corrected chi connectivity index (χ1v) is 9.16. The molecule has 29 heavy (non-hydrogen) atoms. The monoisotopic (exact) mass is 411 g/mol. The molecule has 1 aromatic carbocycles. The summed E-state index contributed by atoms with van der Waals surface area (Å²) >= 11 is 0. The quantitative estimate of drug-likeness (QED) is 0.354. The second kappa shape index (κ2) is 9.99. The van der Waals surface area contributed by atoms with Crippen LogP contribution in [0.3, 0.4) is 0 Å². The molecule has 9 nitrogen and oxygen atoms in total. The molecule has 9 heteroatoms. The van der Waals surface area contributed by atoms with E-state index < -0.39 is 41.9 Å². The van der Waals surface area contributed by atoms with Crippen LogP contribution in [0.15, 0.2) is 18.2 Å². The third-order valence-corrected chi connectivity index (χ3v) is 3.77. The summed E-state index contributed by atoms with van der Waals surface area (Å²) in [4.78, 5) is 35.9. The molecule has 0 radical (unpaired) electrons. The molecule has 0 bridgehead atoms. The molecule has 0 aliphatic rings. The molecule has 1 unspecified atom stereocenters. The van der Waals surface area contributed by atoms with Crippen molar-refractivity contribution in [1.29, 1.82) is 0 Å². The maximum Gasteiger partial charge on any atom is 0.408 e. The number of carbonyl (C=O) groups excluding carboxylic acids is 3. The van der Waals surface area contributed by atoms with Gasteiger partial charge in [-0.25, -0.2) is 9.59 Å². The average molecular weight is 411 g/mol. The number of nitrogens with one attached hydrogen (secondary N) is 1. The Hall–Kier alpha value is -2.97. The van der Waals surface area contributed by atoms with Crippen molar-refractivity contribution in [2.45, 2.75) is 71.8 Å². The van der Waals surface area contributed by atoms with Crippen LogP contribution in [0.1, 0.15) is 47.1 Å². The summed E-state index contributed by atoms with van der Waals surface area (Å²) in [6, 6.07) is 2.90. The Morgan fingerprint density at radius 2 is 1.62 bits per heavy atom. The fourth-order valence-electron chi connectivity index (χ4n) is 2.29. The number of ether oxygens (including phenoxy) is 3. The van der Waals surface area contributed by atoms with E-state index in [1.165, 1.54) is 25.1 Å². The average Bonchev–Trinajstić information content (AvgIpc) is 2.55. The standard InChI is InChI=1S/C20H29NO8/c1-11(27-13(3)22)12(2)28-18(25)15(21-19(26)29-20(4,5)6)9-14-7-8-16(23)17(24)10-14/h7-8,10-12,15,23-24H,9H2,1-6H3,(H,21,26)/t11?,12-,15+/m1/s1. The van der Waals surface area contributed by atoms with Gasteiger partial charge in [0.1, 0.15) is 23.9 Å². The predicted molar refractivity (Wildman–Crippen MR) is 103 cm³/mol. The number of rotatable bonds is 7. The van der Waals surface area contributed by atoms with Crippen molar-refractivity contribution in [3.63, 3.8) is 0 Å².